The Kier molecular flexibility index (Phi) is 12.1. The fourth-order valence-electron chi connectivity index (χ4n) is 2.60. The summed E-state index contributed by atoms with van der Waals surface area (Å²) in [5, 5.41) is 9.29. The van der Waals surface area contributed by atoms with Crippen LogP contribution in [0.5, 0.6) is 5.75 Å². The summed E-state index contributed by atoms with van der Waals surface area (Å²) in [6.45, 7) is 0.696. The minimum Gasteiger partial charge on any atom is -0.497 e. The van der Waals surface area contributed by atoms with E-state index in [9.17, 15) is 35.9 Å². The molecule has 5 nitrogen and oxygen atoms in total. The van der Waals surface area contributed by atoms with Gasteiger partial charge in [0.15, 0.2) is 0 Å². The molecule has 0 saturated carbocycles. The molecule has 0 saturated heterocycles. The third-order valence-electron chi connectivity index (χ3n) is 4.43. The summed E-state index contributed by atoms with van der Waals surface area (Å²) in [7, 11) is 1.54. The number of carboxylic acid groups (broad SMARTS) is 1. The minimum absolute atomic E-state index is 0.0347. The molecule has 0 unspecified atom stereocenters. The average Bonchev–Trinajstić information content (AvgIpc) is 2.85. The van der Waals surface area contributed by atoms with Gasteiger partial charge in [-0.05, 0) is 73.1 Å². The summed E-state index contributed by atoms with van der Waals surface area (Å²) in [5.41, 5.74) is 3.22. The van der Waals surface area contributed by atoms with Crippen LogP contribution in [-0.4, -0.2) is 31.0 Å². The lowest BCUT2D eigenvalue weighted by Gasteiger charge is -2.12. The smallest absolute Gasteiger partial charge is 0.416 e. The van der Waals surface area contributed by atoms with Crippen molar-refractivity contribution in [1.82, 2.24) is 0 Å². The van der Waals surface area contributed by atoms with E-state index in [1.54, 1.807) is 12.1 Å². The van der Waals surface area contributed by atoms with E-state index in [4.69, 9.17) is 27.2 Å². The second-order valence-electron chi connectivity index (χ2n) is 7.16. The Morgan fingerprint density at radius 3 is 1.76 bits per heavy atom. The zero-order valence-electron chi connectivity index (χ0n) is 19.2. The molecule has 0 aliphatic rings. The van der Waals surface area contributed by atoms with Gasteiger partial charge in [-0.2, -0.15) is 26.3 Å². The predicted molar refractivity (Wildman–Crippen MR) is 126 cm³/mol. The van der Waals surface area contributed by atoms with Crippen LogP contribution in [0.4, 0.5) is 26.3 Å². The fraction of sp³-hybridized carbons (Fsp3) is 0.200. The van der Waals surface area contributed by atoms with Gasteiger partial charge in [0.1, 0.15) is 12.0 Å². The number of carbonyl (C=O) groups is 2. The highest BCUT2D eigenvalue weighted by atomic mass is 35.5. The van der Waals surface area contributed by atoms with E-state index in [1.165, 1.54) is 24.8 Å². The Bertz CT molecular complexity index is 1120. The van der Waals surface area contributed by atoms with E-state index >= 15 is 0 Å². The van der Waals surface area contributed by atoms with Gasteiger partial charge < -0.3 is 15.6 Å². The number of aldehydes is 1. The van der Waals surface area contributed by atoms with Crippen LogP contribution < -0.4 is 10.5 Å². The molecule has 0 spiro atoms. The zero-order valence-corrected chi connectivity index (χ0v) is 20.0. The van der Waals surface area contributed by atoms with Gasteiger partial charge in [0.2, 0.25) is 0 Å². The van der Waals surface area contributed by atoms with Gasteiger partial charge in [0.05, 0.1) is 23.8 Å². The van der Waals surface area contributed by atoms with Gasteiger partial charge in [-0.15, -0.1) is 0 Å². The summed E-state index contributed by atoms with van der Waals surface area (Å²) < 4.78 is 78.0. The SMILES string of the molecule is COc1ccc(C(=O)O)cc1.NCCc1ccc(Cl)cc1.O=Cc1cc(C(F)(F)F)cc(C(F)(F)F)c1. The highest BCUT2D eigenvalue weighted by Crippen LogP contribution is 2.35. The number of hydrogen-bond donors (Lipinski definition) is 2. The van der Waals surface area contributed by atoms with Crippen molar-refractivity contribution >= 4 is 23.9 Å². The van der Waals surface area contributed by atoms with Crippen LogP contribution in [0.1, 0.15) is 37.4 Å². The molecule has 3 aromatic carbocycles. The van der Waals surface area contributed by atoms with E-state index in [2.05, 4.69) is 0 Å². The Hall–Kier alpha value is -3.57. The quantitative estimate of drug-likeness (QED) is 0.271. The molecule has 0 aromatic heterocycles. The van der Waals surface area contributed by atoms with Crippen LogP contribution in [0.15, 0.2) is 66.7 Å². The van der Waals surface area contributed by atoms with Crippen molar-refractivity contribution in [3.8, 4) is 5.75 Å². The molecule has 12 heteroatoms. The summed E-state index contributed by atoms with van der Waals surface area (Å²) in [4.78, 5) is 20.6. The molecular weight excluding hydrogens is 528 g/mol. The molecule has 0 fully saturated rings. The van der Waals surface area contributed by atoms with Gasteiger partial charge in [0.25, 0.3) is 0 Å². The van der Waals surface area contributed by atoms with Gasteiger partial charge in [-0.25, -0.2) is 4.79 Å². The molecular formula is C25H22ClF6NO4. The number of alkyl halides is 6. The number of hydrogen-bond acceptors (Lipinski definition) is 4. The van der Waals surface area contributed by atoms with E-state index in [0.29, 0.717) is 24.4 Å². The molecule has 0 bridgehead atoms. The molecule has 3 N–H and O–H groups in total. The highest BCUT2D eigenvalue weighted by molar-refractivity contribution is 6.30. The molecule has 0 atom stereocenters. The number of methoxy groups -OCH3 is 1. The topological polar surface area (TPSA) is 89.6 Å². The largest absolute Gasteiger partial charge is 0.497 e. The first-order valence-electron chi connectivity index (χ1n) is 10.3. The van der Waals surface area contributed by atoms with Crippen molar-refractivity contribution in [2.24, 2.45) is 5.73 Å². The summed E-state index contributed by atoms with van der Waals surface area (Å²) >= 11 is 5.68. The predicted octanol–water partition coefficient (Wildman–Crippen LogP) is 6.77. The van der Waals surface area contributed by atoms with E-state index in [-0.39, 0.29) is 17.9 Å². The lowest BCUT2D eigenvalue weighted by Crippen LogP contribution is -2.11. The van der Waals surface area contributed by atoms with Gasteiger partial charge >= 0.3 is 18.3 Å². The van der Waals surface area contributed by atoms with Gasteiger partial charge in [-0.1, -0.05) is 23.7 Å². The Balaban J connectivity index is 0.000000288. The molecule has 0 aliphatic heterocycles. The first-order valence-corrected chi connectivity index (χ1v) is 10.7. The van der Waals surface area contributed by atoms with Crippen LogP contribution in [-0.2, 0) is 18.8 Å². The van der Waals surface area contributed by atoms with Crippen molar-refractivity contribution in [3.05, 3.63) is 99.6 Å². The Labute approximate surface area is 213 Å². The maximum Gasteiger partial charge on any atom is 0.416 e. The van der Waals surface area contributed by atoms with Gasteiger partial charge in [-0.3, -0.25) is 4.79 Å². The summed E-state index contributed by atoms with van der Waals surface area (Å²) in [6, 6.07) is 14.7. The zero-order chi connectivity index (χ0) is 28.2. The third kappa shape index (κ3) is 11.4. The Morgan fingerprint density at radius 2 is 1.41 bits per heavy atom. The number of aromatic carboxylic acids is 1. The lowest BCUT2D eigenvalue weighted by atomic mass is 10.1. The fourth-order valence-corrected chi connectivity index (χ4v) is 2.72. The van der Waals surface area contributed by atoms with E-state index < -0.39 is 35.0 Å². The molecule has 0 amide bonds. The van der Waals surface area contributed by atoms with Crippen LogP contribution in [0.3, 0.4) is 0 Å². The maximum atomic E-state index is 12.2. The molecule has 0 radical (unpaired) electrons. The lowest BCUT2D eigenvalue weighted by molar-refractivity contribution is -0.143. The summed E-state index contributed by atoms with van der Waals surface area (Å²) in [5.74, 6) is -0.261. The molecule has 3 rings (SSSR count). The van der Waals surface area contributed by atoms with Crippen LogP contribution >= 0.6 is 11.6 Å². The van der Waals surface area contributed by atoms with Crippen LogP contribution in [0.25, 0.3) is 0 Å². The first kappa shape index (κ1) is 31.5. The van der Waals surface area contributed by atoms with Crippen molar-refractivity contribution in [1.29, 1.82) is 0 Å². The first-order chi connectivity index (χ1) is 17.2. The van der Waals surface area contributed by atoms with Crippen molar-refractivity contribution in [2.45, 2.75) is 18.8 Å². The van der Waals surface area contributed by atoms with Crippen molar-refractivity contribution in [3.63, 3.8) is 0 Å². The second-order valence-corrected chi connectivity index (χ2v) is 7.59. The number of benzene rings is 3. The number of carboxylic acids is 1. The van der Waals surface area contributed by atoms with E-state index in [0.717, 1.165) is 11.4 Å². The maximum absolute atomic E-state index is 12.2. The van der Waals surface area contributed by atoms with E-state index in [1.807, 2.05) is 24.3 Å². The molecule has 0 aliphatic carbocycles. The number of carbonyl (C=O) groups excluding carboxylic acids is 1. The average molecular weight is 550 g/mol. The third-order valence-corrected chi connectivity index (χ3v) is 4.68. The van der Waals surface area contributed by atoms with Crippen molar-refractivity contribution in [2.75, 3.05) is 13.7 Å². The molecule has 200 valence electrons. The van der Waals surface area contributed by atoms with Crippen LogP contribution in [0.2, 0.25) is 5.02 Å². The molecule has 3 aromatic rings. The number of nitrogens with two attached hydrogens (primary N) is 1. The highest BCUT2D eigenvalue weighted by Gasteiger charge is 2.36. The summed E-state index contributed by atoms with van der Waals surface area (Å²) in [6.07, 6.45) is -8.97. The molecule has 37 heavy (non-hydrogen) atoms. The van der Waals surface area contributed by atoms with Crippen molar-refractivity contribution < 1.29 is 45.8 Å². The minimum atomic E-state index is -4.92. The second kappa shape index (κ2) is 14.2. The number of halogens is 7. The normalized spacial score (nSPS) is 10.8. The Morgan fingerprint density at radius 1 is 0.919 bits per heavy atom. The number of rotatable bonds is 5. The number of ether oxygens (including phenoxy) is 1. The standard InChI is InChI=1S/C9H4F6O.C8H10ClN.C8H8O3/c10-8(11,12)6-1-5(4-16)2-7(3-6)9(13,14)15;9-8-3-1-7(2-4-8)5-6-10;1-11-7-4-2-6(3-5-7)8(9)10/h1-4H;1-4H,5-6,10H2;2-5H,1H3,(H,9,10). The van der Waals surface area contributed by atoms with Gasteiger partial charge in [0, 0.05) is 10.6 Å². The monoisotopic (exact) mass is 549 g/mol. The van der Waals surface area contributed by atoms with Crippen LogP contribution in [0, 0.1) is 0 Å². The molecule has 0 heterocycles.